The number of hydrogen-bond donors (Lipinski definition) is 2. The van der Waals surface area contributed by atoms with Crippen molar-refractivity contribution in [2.45, 2.75) is 50.1 Å². The van der Waals surface area contributed by atoms with Crippen molar-refractivity contribution in [1.82, 2.24) is 10.6 Å². The summed E-state index contributed by atoms with van der Waals surface area (Å²) in [6.45, 7) is 0. The van der Waals surface area contributed by atoms with Gasteiger partial charge in [-0.25, -0.2) is 0 Å². The topological polar surface area (TPSA) is 58.2 Å². The standard InChI is InChI=1S/C12H14F6N2O2/c13-11(14,15)9(21)19-7-5-3-1-2-4-6-8(7)20-10(22)12(16,17)18/h3,5,7-8H,1-2,4,6H2,(H,19,21)(H,20,22)/b5-3+. The van der Waals surface area contributed by atoms with Gasteiger partial charge in [-0.2, -0.15) is 26.3 Å². The maximum Gasteiger partial charge on any atom is 0.471 e. The smallest absolute Gasteiger partial charge is 0.343 e. The van der Waals surface area contributed by atoms with Gasteiger partial charge in [0.1, 0.15) is 0 Å². The van der Waals surface area contributed by atoms with E-state index in [2.05, 4.69) is 0 Å². The van der Waals surface area contributed by atoms with E-state index in [-0.39, 0.29) is 6.42 Å². The summed E-state index contributed by atoms with van der Waals surface area (Å²) in [4.78, 5) is 21.9. The van der Waals surface area contributed by atoms with Crippen LogP contribution in [0.2, 0.25) is 0 Å². The number of amides is 2. The molecule has 2 N–H and O–H groups in total. The Morgan fingerprint density at radius 1 is 0.909 bits per heavy atom. The summed E-state index contributed by atoms with van der Waals surface area (Å²) in [5.74, 6) is -4.52. The van der Waals surface area contributed by atoms with Crippen LogP contribution in [0.5, 0.6) is 0 Å². The Balaban J connectivity index is 2.87. The largest absolute Gasteiger partial charge is 0.471 e. The van der Waals surface area contributed by atoms with E-state index < -0.39 is 36.3 Å². The Kier molecular flexibility index (Phi) is 5.84. The monoisotopic (exact) mass is 332 g/mol. The molecule has 0 fully saturated rings. The van der Waals surface area contributed by atoms with Gasteiger partial charge in [0, 0.05) is 0 Å². The Hall–Kier alpha value is -1.74. The highest BCUT2D eigenvalue weighted by Gasteiger charge is 2.43. The minimum atomic E-state index is -5.16. The van der Waals surface area contributed by atoms with Crippen molar-refractivity contribution in [3.8, 4) is 0 Å². The summed E-state index contributed by atoms with van der Waals surface area (Å²) in [7, 11) is 0. The van der Waals surface area contributed by atoms with Gasteiger partial charge in [-0.15, -0.1) is 0 Å². The van der Waals surface area contributed by atoms with E-state index in [1.165, 1.54) is 12.2 Å². The van der Waals surface area contributed by atoms with Gasteiger partial charge in [0.25, 0.3) is 0 Å². The van der Waals surface area contributed by atoms with Crippen molar-refractivity contribution < 1.29 is 35.9 Å². The lowest BCUT2D eigenvalue weighted by molar-refractivity contribution is -0.176. The molecule has 4 nitrogen and oxygen atoms in total. The first kappa shape index (κ1) is 18.3. The zero-order valence-corrected chi connectivity index (χ0v) is 11.2. The minimum absolute atomic E-state index is 0.0228. The van der Waals surface area contributed by atoms with Crippen molar-refractivity contribution in [2.75, 3.05) is 0 Å². The number of halogens is 6. The molecule has 0 saturated heterocycles. The molecule has 0 aromatic rings. The number of carbonyl (C=O) groups is 2. The fourth-order valence-corrected chi connectivity index (χ4v) is 1.98. The lowest BCUT2D eigenvalue weighted by Crippen LogP contribution is -2.55. The summed E-state index contributed by atoms with van der Waals surface area (Å²) in [5, 5.41) is 3.24. The normalized spacial score (nSPS) is 24.8. The SMILES string of the molecule is O=C(NC1/C=C/CCCCC1NC(=O)C(F)(F)F)C(F)(F)F. The van der Waals surface area contributed by atoms with Crippen LogP contribution in [0.4, 0.5) is 26.3 Å². The van der Waals surface area contributed by atoms with Crippen LogP contribution >= 0.6 is 0 Å². The van der Waals surface area contributed by atoms with Crippen LogP contribution in [-0.2, 0) is 9.59 Å². The molecule has 0 aromatic heterocycles. The van der Waals surface area contributed by atoms with Crippen molar-refractivity contribution in [1.29, 1.82) is 0 Å². The second-order valence-electron chi connectivity index (χ2n) is 4.79. The molecule has 10 heteroatoms. The summed E-state index contributed by atoms with van der Waals surface area (Å²) in [5.41, 5.74) is 0. The van der Waals surface area contributed by atoms with Gasteiger partial charge in [0.2, 0.25) is 0 Å². The van der Waals surface area contributed by atoms with Crippen LogP contribution in [0, 0.1) is 0 Å². The van der Waals surface area contributed by atoms with Crippen molar-refractivity contribution >= 4 is 11.8 Å². The van der Waals surface area contributed by atoms with E-state index >= 15 is 0 Å². The molecule has 1 aliphatic rings. The summed E-state index contributed by atoms with van der Waals surface area (Å²) >= 11 is 0. The first-order valence-electron chi connectivity index (χ1n) is 6.44. The van der Waals surface area contributed by atoms with E-state index in [1.807, 2.05) is 0 Å². The van der Waals surface area contributed by atoms with Crippen LogP contribution in [0.3, 0.4) is 0 Å². The van der Waals surface area contributed by atoms with Gasteiger partial charge >= 0.3 is 24.2 Å². The number of alkyl halides is 6. The molecule has 22 heavy (non-hydrogen) atoms. The van der Waals surface area contributed by atoms with Gasteiger partial charge in [0.15, 0.2) is 0 Å². The second-order valence-corrected chi connectivity index (χ2v) is 4.79. The second kappa shape index (κ2) is 7.01. The molecule has 0 radical (unpaired) electrons. The van der Waals surface area contributed by atoms with Crippen LogP contribution in [0.1, 0.15) is 25.7 Å². The lowest BCUT2D eigenvalue weighted by atomic mass is 9.96. The van der Waals surface area contributed by atoms with Crippen LogP contribution in [0.25, 0.3) is 0 Å². The van der Waals surface area contributed by atoms with Crippen LogP contribution in [0.15, 0.2) is 12.2 Å². The molecular weight excluding hydrogens is 318 g/mol. The van der Waals surface area contributed by atoms with E-state index in [0.717, 1.165) is 0 Å². The Bertz CT molecular complexity index is 444. The Labute approximate surface area is 121 Å². The first-order valence-corrected chi connectivity index (χ1v) is 6.44. The van der Waals surface area contributed by atoms with Gasteiger partial charge in [-0.1, -0.05) is 18.6 Å². The molecule has 0 bridgehead atoms. The first-order chi connectivity index (χ1) is 10.0. The summed E-state index contributed by atoms with van der Waals surface area (Å²) in [6.07, 6.45) is -6.09. The third-order valence-electron chi connectivity index (χ3n) is 3.04. The fourth-order valence-electron chi connectivity index (χ4n) is 1.98. The average molecular weight is 332 g/mol. The number of nitrogens with one attached hydrogen (secondary N) is 2. The molecular formula is C12H14F6N2O2. The highest BCUT2D eigenvalue weighted by atomic mass is 19.4. The summed E-state index contributed by atoms with van der Waals surface area (Å²) < 4.78 is 73.6. The molecule has 1 aliphatic carbocycles. The summed E-state index contributed by atoms with van der Waals surface area (Å²) in [6, 6.07) is -2.63. The highest BCUT2D eigenvalue weighted by molar-refractivity contribution is 5.83. The van der Waals surface area contributed by atoms with Gasteiger partial charge < -0.3 is 10.6 Å². The van der Waals surface area contributed by atoms with E-state index in [4.69, 9.17) is 0 Å². The molecule has 126 valence electrons. The average Bonchev–Trinajstić information content (AvgIpc) is 2.34. The molecule has 2 atom stereocenters. The molecule has 0 aliphatic heterocycles. The molecule has 0 aromatic carbocycles. The number of hydrogen-bond acceptors (Lipinski definition) is 2. The van der Waals surface area contributed by atoms with E-state index in [0.29, 0.717) is 19.3 Å². The fraction of sp³-hybridized carbons (Fsp3) is 0.667. The van der Waals surface area contributed by atoms with Crippen molar-refractivity contribution in [3.63, 3.8) is 0 Å². The minimum Gasteiger partial charge on any atom is -0.343 e. The number of carbonyl (C=O) groups excluding carboxylic acids is 2. The molecule has 0 heterocycles. The molecule has 2 amide bonds. The zero-order chi connectivity index (χ0) is 17.0. The predicted octanol–water partition coefficient (Wildman–Crippen LogP) is 2.21. The molecule has 1 rings (SSSR count). The van der Waals surface area contributed by atoms with E-state index in [1.54, 1.807) is 10.6 Å². The third kappa shape index (κ3) is 5.57. The van der Waals surface area contributed by atoms with Crippen molar-refractivity contribution in [2.24, 2.45) is 0 Å². The van der Waals surface area contributed by atoms with E-state index in [9.17, 15) is 35.9 Å². The Morgan fingerprint density at radius 2 is 1.45 bits per heavy atom. The maximum atomic E-state index is 12.3. The quantitative estimate of drug-likeness (QED) is 0.602. The van der Waals surface area contributed by atoms with Gasteiger partial charge in [-0.3, -0.25) is 9.59 Å². The van der Waals surface area contributed by atoms with Crippen molar-refractivity contribution in [3.05, 3.63) is 12.2 Å². The number of allylic oxidation sites excluding steroid dienone is 1. The molecule has 2 unspecified atom stereocenters. The van der Waals surface area contributed by atoms with Crippen LogP contribution in [-0.4, -0.2) is 36.3 Å². The molecule has 0 spiro atoms. The number of rotatable bonds is 2. The zero-order valence-electron chi connectivity index (χ0n) is 11.2. The maximum absolute atomic E-state index is 12.3. The predicted molar refractivity (Wildman–Crippen MR) is 63.6 cm³/mol. The molecule has 0 saturated carbocycles. The van der Waals surface area contributed by atoms with Gasteiger partial charge in [0.05, 0.1) is 12.1 Å². The third-order valence-corrected chi connectivity index (χ3v) is 3.04. The highest BCUT2D eigenvalue weighted by Crippen LogP contribution is 2.20. The Morgan fingerprint density at radius 3 is 2.00 bits per heavy atom. The van der Waals surface area contributed by atoms with Gasteiger partial charge in [-0.05, 0) is 19.3 Å². The van der Waals surface area contributed by atoms with Crippen LogP contribution < -0.4 is 10.6 Å². The lowest BCUT2D eigenvalue weighted by Gasteiger charge is -2.28.